The molecule has 106 valence electrons. The number of hydrogen-bond acceptors (Lipinski definition) is 5. The number of allylic oxidation sites excluding steroid dienone is 2. The second kappa shape index (κ2) is 5.59. The Labute approximate surface area is 137 Å². The number of nitriles is 4. The zero-order valence-corrected chi connectivity index (χ0v) is 13.1. The SMILES string of the molecule is Cc1c(Cl)c(Cl)c(C#N)c2c1N(C)C(C#N)=C(C#N)C2C#N. The van der Waals surface area contributed by atoms with Gasteiger partial charge in [-0.2, -0.15) is 21.0 Å². The molecule has 0 saturated heterocycles. The van der Waals surface area contributed by atoms with Crippen molar-refractivity contribution in [3.63, 3.8) is 0 Å². The van der Waals surface area contributed by atoms with Gasteiger partial charge in [-0.3, -0.25) is 0 Å². The van der Waals surface area contributed by atoms with Crippen molar-refractivity contribution in [1.82, 2.24) is 0 Å². The molecule has 1 aromatic carbocycles. The van der Waals surface area contributed by atoms with Crippen molar-refractivity contribution in [2.75, 3.05) is 11.9 Å². The maximum atomic E-state index is 9.46. The summed E-state index contributed by atoms with van der Waals surface area (Å²) in [7, 11) is 1.58. The molecule has 0 spiro atoms. The molecule has 1 heterocycles. The first kappa shape index (κ1) is 15.7. The minimum Gasteiger partial charge on any atom is -0.335 e. The molecule has 22 heavy (non-hydrogen) atoms. The van der Waals surface area contributed by atoms with Crippen LogP contribution >= 0.6 is 23.2 Å². The summed E-state index contributed by atoms with van der Waals surface area (Å²) in [6.07, 6.45) is 0. The summed E-state index contributed by atoms with van der Waals surface area (Å²) in [6.45, 7) is 1.69. The summed E-state index contributed by atoms with van der Waals surface area (Å²) in [5, 5.41) is 37.7. The summed E-state index contributed by atoms with van der Waals surface area (Å²) >= 11 is 12.3. The smallest absolute Gasteiger partial charge is 0.135 e. The monoisotopic (exact) mass is 327 g/mol. The lowest BCUT2D eigenvalue weighted by Gasteiger charge is -2.32. The van der Waals surface area contributed by atoms with Crippen LogP contribution in [0, 0.1) is 52.2 Å². The summed E-state index contributed by atoms with van der Waals surface area (Å²) in [5.41, 5.74) is 1.44. The predicted octanol–water partition coefficient (Wildman–Crippen LogP) is 3.53. The van der Waals surface area contributed by atoms with Gasteiger partial charge >= 0.3 is 0 Å². The minimum atomic E-state index is -1.03. The minimum absolute atomic E-state index is 0.00529. The van der Waals surface area contributed by atoms with E-state index in [0.717, 1.165) is 0 Å². The molecule has 0 bridgehead atoms. The maximum Gasteiger partial charge on any atom is 0.135 e. The number of nitrogens with zero attached hydrogens (tertiary/aromatic N) is 5. The van der Waals surface area contributed by atoms with E-state index < -0.39 is 5.92 Å². The van der Waals surface area contributed by atoms with Crippen LogP contribution in [0.25, 0.3) is 0 Å². The van der Waals surface area contributed by atoms with Crippen LogP contribution in [0.3, 0.4) is 0 Å². The van der Waals surface area contributed by atoms with Crippen LogP contribution in [0.5, 0.6) is 0 Å². The Morgan fingerprint density at radius 3 is 2.09 bits per heavy atom. The fraction of sp³-hybridized carbons (Fsp3) is 0.200. The van der Waals surface area contributed by atoms with Crippen molar-refractivity contribution in [2.24, 2.45) is 0 Å². The van der Waals surface area contributed by atoms with E-state index in [2.05, 4.69) is 0 Å². The van der Waals surface area contributed by atoms with Gasteiger partial charge in [0.1, 0.15) is 23.8 Å². The van der Waals surface area contributed by atoms with E-state index in [1.165, 1.54) is 4.90 Å². The van der Waals surface area contributed by atoms with Crippen molar-refractivity contribution in [3.8, 4) is 24.3 Å². The zero-order chi connectivity index (χ0) is 16.6. The third-order valence-electron chi connectivity index (χ3n) is 3.59. The molecule has 0 aliphatic carbocycles. The van der Waals surface area contributed by atoms with Gasteiger partial charge in [0.05, 0.1) is 39.0 Å². The van der Waals surface area contributed by atoms with Crippen molar-refractivity contribution in [2.45, 2.75) is 12.8 Å². The standard InChI is InChI=1S/C15H7Cl2N5/c1-7-13(16)14(17)10(5-20)12-9(4-19)8(3-18)11(6-21)22(2)15(7)12/h9H,1-2H3. The normalized spacial score (nSPS) is 16.2. The Balaban J connectivity index is 3.05. The van der Waals surface area contributed by atoms with Crippen molar-refractivity contribution >= 4 is 28.9 Å². The first-order valence-corrected chi connectivity index (χ1v) is 6.79. The van der Waals surface area contributed by atoms with E-state index in [1.54, 1.807) is 14.0 Å². The lowest BCUT2D eigenvalue weighted by atomic mass is 9.82. The van der Waals surface area contributed by atoms with Crippen LogP contribution in [-0.2, 0) is 0 Å². The summed E-state index contributed by atoms with van der Waals surface area (Å²) < 4.78 is 0. The highest BCUT2D eigenvalue weighted by Gasteiger charge is 2.37. The molecule has 5 nitrogen and oxygen atoms in total. The Bertz CT molecular complexity index is 887. The van der Waals surface area contributed by atoms with Gasteiger partial charge in [0.2, 0.25) is 0 Å². The number of hydrogen-bond donors (Lipinski definition) is 0. The predicted molar refractivity (Wildman–Crippen MR) is 80.9 cm³/mol. The topological polar surface area (TPSA) is 98.4 Å². The molecule has 7 heteroatoms. The second-order valence-electron chi connectivity index (χ2n) is 4.61. The number of benzene rings is 1. The van der Waals surface area contributed by atoms with Gasteiger partial charge < -0.3 is 4.90 Å². The number of rotatable bonds is 0. The lowest BCUT2D eigenvalue weighted by molar-refractivity contribution is 0.929. The zero-order valence-electron chi connectivity index (χ0n) is 11.6. The number of anilines is 1. The Morgan fingerprint density at radius 1 is 1.00 bits per heavy atom. The van der Waals surface area contributed by atoms with E-state index in [1.807, 2.05) is 24.3 Å². The molecule has 1 atom stereocenters. The van der Waals surface area contributed by atoms with Gasteiger partial charge in [-0.25, -0.2) is 0 Å². The van der Waals surface area contributed by atoms with Gasteiger partial charge in [0, 0.05) is 12.6 Å². The number of fused-ring (bicyclic) bond motifs is 1. The molecule has 0 saturated carbocycles. The fourth-order valence-electron chi connectivity index (χ4n) is 2.59. The van der Waals surface area contributed by atoms with Gasteiger partial charge in [-0.05, 0) is 12.5 Å². The van der Waals surface area contributed by atoms with Crippen LogP contribution in [-0.4, -0.2) is 7.05 Å². The highest BCUT2D eigenvalue weighted by atomic mass is 35.5. The summed E-state index contributed by atoms with van der Waals surface area (Å²) in [6, 6.07) is 7.75. The molecule has 1 unspecified atom stereocenters. The van der Waals surface area contributed by atoms with E-state index in [0.29, 0.717) is 16.8 Å². The van der Waals surface area contributed by atoms with Crippen LogP contribution in [0.4, 0.5) is 5.69 Å². The molecule has 1 aliphatic rings. The van der Waals surface area contributed by atoms with Gasteiger partial charge in [0.25, 0.3) is 0 Å². The highest BCUT2D eigenvalue weighted by Crippen LogP contribution is 2.48. The van der Waals surface area contributed by atoms with Crippen LogP contribution in [0.15, 0.2) is 11.3 Å². The van der Waals surface area contributed by atoms with Crippen LogP contribution in [0.2, 0.25) is 10.0 Å². The van der Waals surface area contributed by atoms with Crippen LogP contribution < -0.4 is 4.90 Å². The van der Waals surface area contributed by atoms with Gasteiger partial charge in [-0.15, -0.1) is 0 Å². The average molecular weight is 328 g/mol. The molecule has 0 amide bonds. The quantitative estimate of drug-likeness (QED) is 0.725. The summed E-state index contributed by atoms with van der Waals surface area (Å²) in [5.74, 6) is -1.03. The molecule has 2 rings (SSSR count). The van der Waals surface area contributed by atoms with E-state index in [-0.39, 0.29) is 26.9 Å². The average Bonchev–Trinajstić information content (AvgIpc) is 2.52. The van der Waals surface area contributed by atoms with E-state index >= 15 is 0 Å². The van der Waals surface area contributed by atoms with Crippen molar-refractivity contribution in [3.05, 3.63) is 38.0 Å². The molecule has 0 radical (unpaired) electrons. The molecule has 1 aliphatic heterocycles. The third kappa shape index (κ3) is 1.89. The first-order valence-electron chi connectivity index (χ1n) is 6.03. The molecule has 0 fully saturated rings. The Kier molecular flexibility index (Phi) is 3.99. The highest BCUT2D eigenvalue weighted by molar-refractivity contribution is 6.43. The molecular formula is C15H7Cl2N5. The molecule has 1 aromatic rings. The largest absolute Gasteiger partial charge is 0.335 e. The third-order valence-corrected chi connectivity index (χ3v) is 4.54. The molecule has 0 N–H and O–H groups in total. The van der Waals surface area contributed by atoms with E-state index in [9.17, 15) is 21.0 Å². The lowest BCUT2D eigenvalue weighted by Crippen LogP contribution is -2.27. The Hall–Kier alpha value is -2.70. The fourth-order valence-corrected chi connectivity index (χ4v) is 3.06. The summed E-state index contributed by atoms with van der Waals surface area (Å²) in [4.78, 5) is 1.47. The van der Waals surface area contributed by atoms with Gasteiger partial charge in [-0.1, -0.05) is 23.2 Å². The van der Waals surface area contributed by atoms with Crippen molar-refractivity contribution < 1.29 is 0 Å². The maximum absolute atomic E-state index is 9.46. The number of halogens is 2. The molecule has 0 aromatic heterocycles. The van der Waals surface area contributed by atoms with Crippen molar-refractivity contribution in [1.29, 1.82) is 21.0 Å². The van der Waals surface area contributed by atoms with E-state index in [4.69, 9.17) is 23.2 Å². The Morgan fingerprint density at radius 2 is 1.64 bits per heavy atom. The molecular weight excluding hydrogens is 321 g/mol. The van der Waals surface area contributed by atoms with Crippen LogP contribution in [0.1, 0.15) is 22.6 Å². The first-order chi connectivity index (χ1) is 10.4. The van der Waals surface area contributed by atoms with Gasteiger partial charge in [0.15, 0.2) is 0 Å². The second-order valence-corrected chi connectivity index (χ2v) is 5.36.